The highest BCUT2D eigenvalue weighted by Gasteiger charge is 2.20. The second-order valence-electron chi connectivity index (χ2n) is 11.2. The summed E-state index contributed by atoms with van der Waals surface area (Å²) in [6.07, 6.45) is 1.46. The topological polar surface area (TPSA) is 80.9 Å². The highest BCUT2D eigenvalue weighted by molar-refractivity contribution is 5.55. The minimum atomic E-state index is 0. The molecule has 1 aliphatic carbocycles. The van der Waals surface area contributed by atoms with E-state index in [0.29, 0.717) is 59.1 Å². The number of halogens is 1. The standard InChI is InChI=1S/C32H33NO4.HI/c1-33(2,3)19-20-13-27-17-25-11-5-9-23(30(25)35)15-21-7-4-8-22(29(21)34)16-24-10-6-12-26(31(24)36)18-28(14-20)32(27)37;/h4-14H,15-19H2,1-3H3,(H3-,34,35,36,37);1H. The van der Waals surface area contributed by atoms with E-state index in [-0.39, 0.29) is 47.0 Å². The van der Waals surface area contributed by atoms with Gasteiger partial charge in [-0.05, 0) is 56.6 Å². The molecule has 0 spiro atoms. The van der Waals surface area contributed by atoms with Gasteiger partial charge in [0.05, 0.1) is 21.1 Å². The van der Waals surface area contributed by atoms with Gasteiger partial charge in [0.15, 0.2) is 0 Å². The third-order valence-electron chi connectivity index (χ3n) is 7.12. The fraction of sp³-hybridized carbons (Fsp3) is 0.250. The Morgan fingerprint density at radius 3 is 1.05 bits per heavy atom. The van der Waals surface area contributed by atoms with Crippen molar-refractivity contribution in [3.63, 3.8) is 0 Å². The van der Waals surface area contributed by atoms with Crippen LogP contribution in [0.25, 0.3) is 0 Å². The molecule has 4 aromatic rings. The van der Waals surface area contributed by atoms with Gasteiger partial charge in [0, 0.05) is 31.2 Å². The second kappa shape index (κ2) is 10.9. The van der Waals surface area contributed by atoms with Gasteiger partial charge >= 0.3 is 0 Å². The first kappa shape index (κ1) is 27.8. The summed E-state index contributed by atoms with van der Waals surface area (Å²) in [5.74, 6) is 0.729. The lowest BCUT2D eigenvalue weighted by Crippen LogP contribution is -3.00. The molecule has 0 amide bonds. The molecule has 5 rings (SSSR count). The van der Waals surface area contributed by atoms with Gasteiger partial charge in [0.1, 0.15) is 29.5 Å². The van der Waals surface area contributed by atoms with E-state index < -0.39 is 0 Å². The van der Waals surface area contributed by atoms with Crippen LogP contribution in [0.1, 0.15) is 50.1 Å². The minimum Gasteiger partial charge on any atom is -1.00 e. The smallest absolute Gasteiger partial charge is 0.122 e. The van der Waals surface area contributed by atoms with Crippen molar-refractivity contribution in [2.24, 2.45) is 0 Å². The summed E-state index contributed by atoms with van der Waals surface area (Å²) in [6, 6.07) is 20.9. The number of rotatable bonds is 2. The predicted octanol–water partition coefficient (Wildman–Crippen LogP) is 2.40. The van der Waals surface area contributed by atoms with Gasteiger partial charge < -0.3 is 48.9 Å². The van der Waals surface area contributed by atoms with Crippen LogP contribution in [0.3, 0.4) is 0 Å². The summed E-state index contributed by atoms with van der Waals surface area (Å²) < 4.78 is 0.729. The third kappa shape index (κ3) is 5.76. The summed E-state index contributed by atoms with van der Waals surface area (Å²) in [5.41, 5.74) is 6.84. The lowest BCUT2D eigenvalue weighted by Gasteiger charge is -2.25. The molecule has 0 heterocycles. The van der Waals surface area contributed by atoms with Gasteiger partial charge in [-0.3, -0.25) is 0 Å². The highest BCUT2D eigenvalue weighted by Crippen LogP contribution is 2.37. The molecule has 0 fully saturated rings. The van der Waals surface area contributed by atoms with Crippen molar-refractivity contribution in [2.75, 3.05) is 21.1 Å². The normalized spacial score (nSPS) is 13.0. The van der Waals surface area contributed by atoms with Gasteiger partial charge in [-0.15, -0.1) is 0 Å². The molecule has 0 saturated heterocycles. The quantitative estimate of drug-likeness (QED) is 0.180. The number of phenolic OH excluding ortho intramolecular Hbond substituents is 4. The zero-order valence-electron chi connectivity index (χ0n) is 22.0. The molecule has 38 heavy (non-hydrogen) atoms. The number of benzene rings is 4. The van der Waals surface area contributed by atoms with E-state index in [1.54, 1.807) is 0 Å². The molecule has 198 valence electrons. The molecule has 0 saturated carbocycles. The number of fused-ring (bicyclic) bond motifs is 8. The predicted molar refractivity (Wildman–Crippen MR) is 145 cm³/mol. The molecule has 1 aliphatic rings. The molecule has 0 aliphatic heterocycles. The largest absolute Gasteiger partial charge is 1.00 e. The maximum Gasteiger partial charge on any atom is 0.122 e. The Bertz CT molecular complexity index is 1390. The first-order valence-electron chi connectivity index (χ1n) is 12.6. The molecule has 0 unspecified atom stereocenters. The van der Waals surface area contributed by atoms with Crippen molar-refractivity contribution in [3.8, 4) is 23.0 Å². The number of aromatic hydroxyl groups is 4. The Morgan fingerprint density at radius 2 is 0.763 bits per heavy atom. The molecule has 4 N–H and O–H groups in total. The molecule has 8 bridgehead atoms. The molecule has 4 aromatic carbocycles. The molecular formula is C32H34INO4. The van der Waals surface area contributed by atoms with Gasteiger partial charge in [-0.25, -0.2) is 0 Å². The summed E-state index contributed by atoms with van der Waals surface area (Å²) in [6.45, 7) is 0.770. The summed E-state index contributed by atoms with van der Waals surface area (Å²) >= 11 is 0. The summed E-state index contributed by atoms with van der Waals surface area (Å²) in [5, 5.41) is 44.8. The van der Waals surface area contributed by atoms with E-state index in [9.17, 15) is 20.4 Å². The summed E-state index contributed by atoms with van der Waals surface area (Å²) in [7, 11) is 6.37. The number of nitrogens with zero attached hydrogens (tertiary/aromatic N) is 1. The zero-order valence-corrected chi connectivity index (χ0v) is 24.2. The van der Waals surface area contributed by atoms with Gasteiger partial charge in [0.2, 0.25) is 0 Å². The van der Waals surface area contributed by atoms with E-state index in [2.05, 4.69) is 21.1 Å². The van der Waals surface area contributed by atoms with Gasteiger partial charge in [-0.1, -0.05) is 54.6 Å². The van der Waals surface area contributed by atoms with Crippen molar-refractivity contribution in [1.82, 2.24) is 0 Å². The van der Waals surface area contributed by atoms with Crippen LogP contribution in [0.15, 0.2) is 66.7 Å². The maximum atomic E-state index is 11.4. The van der Waals surface area contributed by atoms with Crippen molar-refractivity contribution < 1.29 is 48.9 Å². The highest BCUT2D eigenvalue weighted by atomic mass is 127. The lowest BCUT2D eigenvalue weighted by atomic mass is 9.90. The average Bonchev–Trinajstić information content (AvgIpc) is 2.82. The zero-order chi connectivity index (χ0) is 26.3. The van der Waals surface area contributed by atoms with Crippen LogP contribution in [0.5, 0.6) is 23.0 Å². The van der Waals surface area contributed by atoms with E-state index in [0.717, 1.165) is 27.7 Å². The monoisotopic (exact) mass is 623 g/mol. The number of phenols is 4. The number of quaternary nitrogens is 1. The van der Waals surface area contributed by atoms with Crippen molar-refractivity contribution >= 4 is 0 Å². The minimum absolute atomic E-state index is 0. The fourth-order valence-corrected chi connectivity index (χ4v) is 5.35. The molecular weight excluding hydrogens is 589 g/mol. The van der Waals surface area contributed by atoms with Crippen LogP contribution in [0.4, 0.5) is 0 Å². The fourth-order valence-electron chi connectivity index (χ4n) is 5.35. The van der Waals surface area contributed by atoms with Gasteiger partial charge in [-0.2, -0.15) is 0 Å². The molecule has 6 heteroatoms. The van der Waals surface area contributed by atoms with E-state index in [4.69, 9.17) is 0 Å². The van der Waals surface area contributed by atoms with Crippen LogP contribution < -0.4 is 24.0 Å². The lowest BCUT2D eigenvalue weighted by molar-refractivity contribution is -0.884. The summed E-state index contributed by atoms with van der Waals surface area (Å²) in [4.78, 5) is 0. The van der Waals surface area contributed by atoms with Crippen LogP contribution in [-0.4, -0.2) is 46.1 Å². The molecule has 0 atom stereocenters. The number of hydrogen-bond acceptors (Lipinski definition) is 4. The Morgan fingerprint density at radius 1 is 0.500 bits per heavy atom. The first-order valence-corrected chi connectivity index (χ1v) is 12.6. The van der Waals surface area contributed by atoms with Crippen molar-refractivity contribution in [1.29, 1.82) is 0 Å². The first-order chi connectivity index (χ1) is 17.6. The third-order valence-corrected chi connectivity index (χ3v) is 7.12. The van der Waals surface area contributed by atoms with E-state index in [1.165, 1.54) is 0 Å². The number of para-hydroxylation sites is 3. The maximum absolute atomic E-state index is 11.4. The SMILES string of the molecule is C[N+](C)(C)Cc1cc2c(O)c(c1)Cc1cccc(c1O)Cc1cccc(c1O)Cc1cccc(c1O)C2.[I-]. The average molecular weight is 624 g/mol. The van der Waals surface area contributed by atoms with E-state index >= 15 is 0 Å². The van der Waals surface area contributed by atoms with Crippen LogP contribution in [0, 0.1) is 0 Å². The van der Waals surface area contributed by atoms with E-state index in [1.807, 2.05) is 66.7 Å². The van der Waals surface area contributed by atoms with Crippen LogP contribution >= 0.6 is 0 Å². The molecule has 0 aromatic heterocycles. The second-order valence-corrected chi connectivity index (χ2v) is 11.2. The van der Waals surface area contributed by atoms with Crippen LogP contribution in [0.2, 0.25) is 0 Å². The number of hydrogen-bond donors (Lipinski definition) is 4. The van der Waals surface area contributed by atoms with Crippen molar-refractivity contribution in [2.45, 2.75) is 32.2 Å². The van der Waals surface area contributed by atoms with Gasteiger partial charge in [0.25, 0.3) is 0 Å². The Labute approximate surface area is 241 Å². The Hall–Kier alpha value is -3.23. The van der Waals surface area contributed by atoms with Crippen LogP contribution in [-0.2, 0) is 32.2 Å². The van der Waals surface area contributed by atoms with Crippen molar-refractivity contribution in [3.05, 3.63) is 117 Å². The molecule has 5 nitrogen and oxygen atoms in total. The Kier molecular flexibility index (Phi) is 7.95. The molecule has 0 radical (unpaired) electrons. The Balaban J connectivity index is 0.00000336.